The predicted molar refractivity (Wildman–Crippen MR) is 52.4 cm³/mol. The largest absolute Gasteiger partial charge is 0.458 e. The van der Waals surface area contributed by atoms with Gasteiger partial charge in [0.05, 0.1) is 0 Å². The Kier molecular flexibility index (Phi) is 4.00. The molecular weight excluding hydrogens is 164 g/mol. The zero-order valence-electron chi connectivity index (χ0n) is 8.51. The maximum atomic E-state index is 11.2. The van der Waals surface area contributed by atoms with Crippen LogP contribution in [0.15, 0.2) is 11.6 Å². The second kappa shape index (κ2) is 5.05. The van der Waals surface area contributed by atoms with Crippen LogP contribution in [0.25, 0.3) is 0 Å². The molecular formula is C11H18O2. The number of ether oxygens (including phenoxy) is 1. The van der Waals surface area contributed by atoms with Gasteiger partial charge in [0, 0.05) is 6.42 Å². The summed E-state index contributed by atoms with van der Waals surface area (Å²) in [6.07, 6.45) is 6.84. The quantitative estimate of drug-likeness (QED) is 0.495. The van der Waals surface area contributed by atoms with Gasteiger partial charge in [0.2, 0.25) is 0 Å². The third-order valence-electron chi connectivity index (χ3n) is 2.27. The maximum absolute atomic E-state index is 11.2. The smallest absolute Gasteiger partial charge is 0.306 e. The highest BCUT2D eigenvalue weighted by atomic mass is 16.5. The summed E-state index contributed by atoms with van der Waals surface area (Å²) >= 11 is 0. The van der Waals surface area contributed by atoms with Crippen LogP contribution in [0.1, 0.15) is 46.0 Å². The van der Waals surface area contributed by atoms with Crippen LogP contribution in [0.2, 0.25) is 0 Å². The number of allylic oxidation sites excluding steroid dienone is 1. The molecule has 0 saturated carbocycles. The van der Waals surface area contributed by atoms with Crippen LogP contribution < -0.4 is 0 Å². The predicted octanol–water partition coefficient (Wildman–Crippen LogP) is 2.83. The third-order valence-corrected chi connectivity index (χ3v) is 2.27. The van der Waals surface area contributed by atoms with Gasteiger partial charge in [-0.05, 0) is 38.7 Å². The Morgan fingerprint density at radius 1 is 1.69 bits per heavy atom. The van der Waals surface area contributed by atoms with Gasteiger partial charge in [-0.25, -0.2) is 0 Å². The molecule has 1 atom stereocenters. The van der Waals surface area contributed by atoms with Gasteiger partial charge < -0.3 is 4.74 Å². The van der Waals surface area contributed by atoms with E-state index >= 15 is 0 Å². The van der Waals surface area contributed by atoms with E-state index in [1.807, 2.05) is 6.92 Å². The van der Waals surface area contributed by atoms with Gasteiger partial charge in [-0.15, -0.1) is 0 Å². The van der Waals surface area contributed by atoms with Gasteiger partial charge in [0.25, 0.3) is 0 Å². The van der Waals surface area contributed by atoms with Gasteiger partial charge in [0.1, 0.15) is 6.10 Å². The summed E-state index contributed by atoms with van der Waals surface area (Å²) < 4.78 is 5.29. The minimum absolute atomic E-state index is 0.0489. The van der Waals surface area contributed by atoms with E-state index in [0.29, 0.717) is 6.42 Å². The fourth-order valence-corrected chi connectivity index (χ4v) is 1.59. The van der Waals surface area contributed by atoms with Crippen LogP contribution in [-0.4, -0.2) is 12.1 Å². The molecule has 1 rings (SSSR count). The zero-order chi connectivity index (χ0) is 9.68. The maximum Gasteiger partial charge on any atom is 0.306 e. The molecule has 0 aromatic rings. The second-order valence-corrected chi connectivity index (χ2v) is 3.68. The van der Waals surface area contributed by atoms with Gasteiger partial charge in [0.15, 0.2) is 0 Å². The first-order chi connectivity index (χ1) is 6.22. The van der Waals surface area contributed by atoms with Crippen LogP contribution in [0.4, 0.5) is 0 Å². The molecule has 0 aromatic carbocycles. The average Bonchev–Trinajstić information content (AvgIpc) is 2.04. The van der Waals surface area contributed by atoms with Crippen LogP contribution in [0.5, 0.6) is 0 Å². The number of carbonyl (C=O) groups excluding carboxylic acids is 1. The first-order valence-corrected chi connectivity index (χ1v) is 5.09. The third kappa shape index (κ3) is 3.62. The van der Waals surface area contributed by atoms with Gasteiger partial charge >= 0.3 is 5.97 Å². The molecule has 0 amide bonds. The molecule has 0 N–H and O–H groups in total. The van der Waals surface area contributed by atoms with E-state index in [2.05, 4.69) is 13.0 Å². The number of esters is 1. The molecule has 0 saturated heterocycles. The lowest BCUT2D eigenvalue weighted by Gasteiger charge is -2.19. The molecule has 1 aliphatic rings. The molecule has 0 aliphatic heterocycles. The zero-order valence-corrected chi connectivity index (χ0v) is 8.51. The van der Waals surface area contributed by atoms with Gasteiger partial charge in [-0.2, -0.15) is 0 Å². The SMILES string of the molecule is CCCC(=O)O[C@H]1C=C(C)CCC1. The Morgan fingerprint density at radius 3 is 3.08 bits per heavy atom. The van der Waals surface area contributed by atoms with Gasteiger partial charge in [-0.1, -0.05) is 12.5 Å². The van der Waals surface area contributed by atoms with E-state index in [0.717, 1.165) is 25.7 Å². The van der Waals surface area contributed by atoms with Crippen molar-refractivity contribution in [3.8, 4) is 0 Å². The van der Waals surface area contributed by atoms with Crippen molar-refractivity contribution in [2.75, 3.05) is 0 Å². The Bertz CT molecular complexity index is 206. The van der Waals surface area contributed by atoms with E-state index in [1.165, 1.54) is 5.57 Å². The molecule has 0 aromatic heterocycles. The number of carbonyl (C=O) groups is 1. The molecule has 0 bridgehead atoms. The minimum atomic E-state index is -0.0570. The van der Waals surface area contributed by atoms with Crippen molar-refractivity contribution in [2.45, 2.75) is 52.1 Å². The topological polar surface area (TPSA) is 26.3 Å². The van der Waals surface area contributed by atoms with E-state index in [-0.39, 0.29) is 12.1 Å². The standard InChI is InChI=1S/C11H18O2/c1-3-5-11(12)13-10-7-4-6-9(2)8-10/h8,10H,3-7H2,1-2H3/t10-/m1/s1. The first-order valence-electron chi connectivity index (χ1n) is 5.09. The molecule has 2 heteroatoms. The highest BCUT2D eigenvalue weighted by Gasteiger charge is 2.14. The Balaban J connectivity index is 2.36. The van der Waals surface area contributed by atoms with Gasteiger partial charge in [-0.3, -0.25) is 4.79 Å². The summed E-state index contributed by atoms with van der Waals surface area (Å²) in [7, 11) is 0. The van der Waals surface area contributed by atoms with Crippen molar-refractivity contribution in [3.63, 3.8) is 0 Å². The van der Waals surface area contributed by atoms with E-state index in [9.17, 15) is 4.79 Å². The van der Waals surface area contributed by atoms with Crippen molar-refractivity contribution in [1.82, 2.24) is 0 Å². The van der Waals surface area contributed by atoms with Crippen molar-refractivity contribution >= 4 is 5.97 Å². The fraction of sp³-hybridized carbons (Fsp3) is 0.727. The molecule has 13 heavy (non-hydrogen) atoms. The van der Waals surface area contributed by atoms with Crippen molar-refractivity contribution in [3.05, 3.63) is 11.6 Å². The summed E-state index contributed by atoms with van der Waals surface area (Å²) in [4.78, 5) is 11.2. The summed E-state index contributed by atoms with van der Waals surface area (Å²) in [6, 6.07) is 0. The normalized spacial score (nSPS) is 22.3. The molecule has 0 fully saturated rings. The second-order valence-electron chi connectivity index (χ2n) is 3.68. The molecule has 0 radical (unpaired) electrons. The molecule has 0 heterocycles. The molecule has 0 unspecified atom stereocenters. The van der Waals surface area contributed by atoms with E-state index < -0.39 is 0 Å². The highest BCUT2D eigenvalue weighted by Crippen LogP contribution is 2.19. The van der Waals surface area contributed by atoms with Crippen molar-refractivity contribution in [1.29, 1.82) is 0 Å². The summed E-state index contributed by atoms with van der Waals surface area (Å²) in [5.41, 5.74) is 1.35. The van der Waals surface area contributed by atoms with Crippen LogP contribution >= 0.6 is 0 Å². The van der Waals surface area contributed by atoms with Crippen LogP contribution in [-0.2, 0) is 9.53 Å². The van der Waals surface area contributed by atoms with E-state index in [1.54, 1.807) is 0 Å². The monoisotopic (exact) mass is 182 g/mol. The van der Waals surface area contributed by atoms with Crippen LogP contribution in [0.3, 0.4) is 0 Å². The fourth-order valence-electron chi connectivity index (χ4n) is 1.59. The van der Waals surface area contributed by atoms with Crippen LogP contribution in [0, 0.1) is 0 Å². The summed E-state index contributed by atoms with van der Waals surface area (Å²) in [5, 5.41) is 0. The average molecular weight is 182 g/mol. The Morgan fingerprint density at radius 2 is 2.46 bits per heavy atom. The number of hydrogen-bond donors (Lipinski definition) is 0. The lowest BCUT2D eigenvalue weighted by Crippen LogP contribution is -2.18. The first kappa shape index (κ1) is 10.3. The molecule has 1 aliphatic carbocycles. The highest BCUT2D eigenvalue weighted by molar-refractivity contribution is 5.69. The molecule has 0 spiro atoms. The molecule has 2 nitrogen and oxygen atoms in total. The lowest BCUT2D eigenvalue weighted by atomic mass is 9.99. The summed E-state index contributed by atoms with van der Waals surface area (Å²) in [5.74, 6) is -0.0570. The Hall–Kier alpha value is -0.790. The van der Waals surface area contributed by atoms with Crippen molar-refractivity contribution < 1.29 is 9.53 Å². The number of rotatable bonds is 3. The lowest BCUT2D eigenvalue weighted by molar-refractivity contribution is -0.147. The van der Waals surface area contributed by atoms with E-state index in [4.69, 9.17) is 4.74 Å². The Labute approximate surface area is 80.0 Å². The molecule has 74 valence electrons. The summed E-state index contributed by atoms with van der Waals surface area (Å²) in [6.45, 7) is 4.09. The minimum Gasteiger partial charge on any atom is -0.458 e. The number of hydrogen-bond acceptors (Lipinski definition) is 2. The van der Waals surface area contributed by atoms with Crippen molar-refractivity contribution in [2.24, 2.45) is 0 Å².